The largest absolute Gasteiger partial charge is 0.443 e. The lowest BCUT2D eigenvalue weighted by molar-refractivity contribution is 0.0565. The summed E-state index contributed by atoms with van der Waals surface area (Å²) in [5, 5.41) is 10.0. The average Bonchev–Trinajstić information content (AvgIpc) is 2.27. The first-order valence-corrected chi connectivity index (χ1v) is 7.05. The van der Waals surface area contributed by atoms with Crippen molar-refractivity contribution in [1.82, 2.24) is 0 Å². The van der Waals surface area contributed by atoms with Gasteiger partial charge < -0.3 is 9.84 Å². The van der Waals surface area contributed by atoms with Crippen LogP contribution in [0.25, 0.3) is 0 Å². The maximum Gasteiger partial charge on any atom is 0.414 e. The fraction of sp³-hybridized carbons (Fsp3) is 0.500. The van der Waals surface area contributed by atoms with E-state index in [1.165, 1.54) is 0 Å². The molecule has 0 aliphatic carbocycles. The number of amides is 1. The zero-order valence-electron chi connectivity index (χ0n) is 11.3. The summed E-state index contributed by atoms with van der Waals surface area (Å²) in [5.74, 6) is 0. The number of nitrogens with zero attached hydrogens (tertiary/aromatic N) is 1. The highest BCUT2D eigenvalue weighted by Crippen LogP contribution is 2.36. The van der Waals surface area contributed by atoms with Crippen molar-refractivity contribution in [2.75, 3.05) is 11.4 Å². The third-order valence-corrected chi connectivity index (χ3v) is 3.37. The van der Waals surface area contributed by atoms with E-state index < -0.39 is 11.7 Å². The molecule has 19 heavy (non-hydrogen) atoms. The van der Waals surface area contributed by atoms with Gasteiger partial charge in [-0.2, -0.15) is 0 Å². The van der Waals surface area contributed by atoms with Crippen LogP contribution in [0.1, 0.15) is 38.9 Å². The molecule has 1 aromatic carbocycles. The Balaban J connectivity index is 2.31. The number of anilines is 1. The van der Waals surface area contributed by atoms with Gasteiger partial charge in [-0.3, -0.25) is 4.90 Å². The summed E-state index contributed by atoms with van der Waals surface area (Å²) in [4.78, 5) is 13.8. The minimum absolute atomic E-state index is 0.372. The molecule has 0 radical (unpaired) electrons. The van der Waals surface area contributed by atoms with Crippen LogP contribution in [0.5, 0.6) is 0 Å². The van der Waals surface area contributed by atoms with Gasteiger partial charge in [-0.25, -0.2) is 4.79 Å². The molecule has 0 bridgehead atoms. The maximum absolute atomic E-state index is 12.2. The molecule has 1 unspecified atom stereocenters. The number of rotatable bonds is 0. The fourth-order valence-electron chi connectivity index (χ4n) is 2.07. The van der Waals surface area contributed by atoms with E-state index in [9.17, 15) is 9.90 Å². The Hall–Kier alpha value is -1.07. The van der Waals surface area contributed by atoms with Gasteiger partial charge in [-0.05, 0) is 45.4 Å². The number of carbonyl (C=O) groups excluding carboxylic acids is 1. The Morgan fingerprint density at radius 1 is 1.47 bits per heavy atom. The summed E-state index contributed by atoms with van der Waals surface area (Å²) < 4.78 is 6.28. The predicted octanol–water partition coefficient (Wildman–Crippen LogP) is 3.63. The second kappa shape index (κ2) is 5.13. The number of aliphatic hydroxyl groups is 1. The monoisotopic (exact) mass is 327 g/mol. The van der Waals surface area contributed by atoms with Crippen molar-refractivity contribution in [3.8, 4) is 0 Å². The molecule has 2 rings (SSSR count). The Bertz CT molecular complexity index is 496. The second-order valence-electron chi connectivity index (χ2n) is 5.64. The maximum atomic E-state index is 12.2. The molecule has 0 spiro atoms. The van der Waals surface area contributed by atoms with Crippen molar-refractivity contribution >= 4 is 27.7 Å². The molecule has 0 saturated heterocycles. The van der Waals surface area contributed by atoms with Crippen molar-refractivity contribution in [2.24, 2.45) is 0 Å². The van der Waals surface area contributed by atoms with Crippen LogP contribution in [0.15, 0.2) is 22.7 Å². The van der Waals surface area contributed by atoms with E-state index in [2.05, 4.69) is 15.9 Å². The first-order valence-electron chi connectivity index (χ1n) is 6.26. The van der Waals surface area contributed by atoms with Crippen LogP contribution < -0.4 is 4.90 Å². The van der Waals surface area contributed by atoms with E-state index in [0.717, 1.165) is 15.7 Å². The highest BCUT2D eigenvalue weighted by Gasteiger charge is 2.30. The normalized spacial score (nSPS) is 19.0. The number of ether oxygens (including phenoxy) is 1. The first kappa shape index (κ1) is 14.3. The number of hydrogen-bond donors (Lipinski definition) is 1. The predicted molar refractivity (Wildman–Crippen MR) is 77.3 cm³/mol. The van der Waals surface area contributed by atoms with Gasteiger partial charge in [-0.15, -0.1) is 0 Å². The molecule has 1 amide bonds. The lowest BCUT2D eigenvalue weighted by Crippen LogP contribution is -2.40. The standard InChI is InChI=1S/C14H18BrNO3/c1-14(2,3)19-13(18)16-7-6-12(17)10-8-9(15)4-5-11(10)16/h4-5,8,12,17H,6-7H2,1-3H3. The summed E-state index contributed by atoms with van der Waals surface area (Å²) >= 11 is 3.38. The van der Waals surface area contributed by atoms with Crippen LogP contribution in [0.3, 0.4) is 0 Å². The quantitative estimate of drug-likeness (QED) is 0.791. The summed E-state index contributed by atoms with van der Waals surface area (Å²) in [6.45, 7) is 5.98. The Morgan fingerprint density at radius 3 is 2.79 bits per heavy atom. The van der Waals surface area contributed by atoms with Crippen molar-refractivity contribution in [3.05, 3.63) is 28.2 Å². The van der Waals surface area contributed by atoms with Gasteiger partial charge in [0.05, 0.1) is 11.8 Å². The average molecular weight is 328 g/mol. The lowest BCUT2D eigenvalue weighted by Gasteiger charge is -2.33. The molecule has 1 atom stereocenters. The Kier molecular flexibility index (Phi) is 3.87. The summed E-state index contributed by atoms with van der Waals surface area (Å²) in [5.41, 5.74) is 0.950. The van der Waals surface area contributed by atoms with Crippen LogP contribution in [0.2, 0.25) is 0 Å². The molecule has 4 nitrogen and oxygen atoms in total. The van der Waals surface area contributed by atoms with Gasteiger partial charge in [0, 0.05) is 16.6 Å². The molecule has 5 heteroatoms. The van der Waals surface area contributed by atoms with Crippen LogP contribution in [-0.2, 0) is 4.74 Å². The fourth-order valence-corrected chi connectivity index (χ4v) is 2.45. The first-order chi connectivity index (χ1) is 8.78. The minimum Gasteiger partial charge on any atom is -0.443 e. The second-order valence-corrected chi connectivity index (χ2v) is 6.56. The Labute approximate surface area is 121 Å². The third kappa shape index (κ3) is 3.28. The number of fused-ring (bicyclic) bond motifs is 1. The molecule has 0 fully saturated rings. The lowest BCUT2D eigenvalue weighted by atomic mass is 9.99. The van der Waals surface area contributed by atoms with Gasteiger partial charge in [0.25, 0.3) is 0 Å². The van der Waals surface area contributed by atoms with Gasteiger partial charge in [0.15, 0.2) is 0 Å². The van der Waals surface area contributed by atoms with E-state index >= 15 is 0 Å². The molecule has 104 valence electrons. The SMILES string of the molecule is CC(C)(C)OC(=O)N1CCC(O)c2cc(Br)ccc21. The third-order valence-electron chi connectivity index (χ3n) is 2.88. The van der Waals surface area contributed by atoms with Crippen LogP contribution in [-0.4, -0.2) is 23.3 Å². The van der Waals surface area contributed by atoms with Crippen molar-refractivity contribution in [2.45, 2.75) is 38.9 Å². The van der Waals surface area contributed by atoms with Crippen molar-refractivity contribution in [1.29, 1.82) is 0 Å². The topological polar surface area (TPSA) is 49.8 Å². The number of benzene rings is 1. The van der Waals surface area contributed by atoms with Gasteiger partial charge in [0.2, 0.25) is 0 Å². The molecule has 0 saturated carbocycles. The summed E-state index contributed by atoms with van der Waals surface area (Å²) in [7, 11) is 0. The van der Waals surface area contributed by atoms with E-state index in [4.69, 9.17) is 4.74 Å². The van der Waals surface area contributed by atoms with Gasteiger partial charge >= 0.3 is 6.09 Å². The van der Waals surface area contributed by atoms with E-state index in [1.54, 1.807) is 4.90 Å². The molecule has 1 aromatic rings. The number of hydrogen-bond acceptors (Lipinski definition) is 3. The molecule has 1 aliphatic rings. The zero-order chi connectivity index (χ0) is 14.2. The Morgan fingerprint density at radius 2 is 2.16 bits per heavy atom. The van der Waals surface area contributed by atoms with Crippen LogP contribution in [0, 0.1) is 0 Å². The smallest absolute Gasteiger partial charge is 0.414 e. The summed E-state index contributed by atoms with van der Waals surface area (Å²) in [6.07, 6.45) is -0.392. The highest BCUT2D eigenvalue weighted by atomic mass is 79.9. The molecular weight excluding hydrogens is 310 g/mol. The number of halogens is 1. The summed E-state index contributed by atoms with van der Waals surface area (Å²) in [6, 6.07) is 5.52. The number of carbonyl (C=O) groups is 1. The van der Waals surface area contributed by atoms with Gasteiger partial charge in [-0.1, -0.05) is 15.9 Å². The minimum atomic E-state index is -0.536. The molecule has 1 N–H and O–H groups in total. The molecule has 0 aromatic heterocycles. The molecule has 1 aliphatic heterocycles. The van der Waals surface area contributed by atoms with Crippen LogP contribution in [0.4, 0.5) is 10.5 Å². The van der Waals surface area contributed by atoms with E-state index in [0.29, 0.717) is 13.0 Å². The van der Waals surface area contributed by atoms with Crippen molar-refractivity contribution in [3.63, 3.8) is 0 Å². The molecular formula is C14H18BrNO3. The molecule has 1 heterocycles. The van der Waals surface area contributed by atoms with Crippen molar-refractivity contribution < 1.29 is 14.6 Å². The van der Waals surface area contributed by atoms with E-state index in [-0.39, 0.29) is 6.09 Å². The van der Waals surface area contributed by atoms with Crippen LogP contribution >= 0.6 is 15.9 Å². The van der Waals surface area contributed by atoms with E-state index in [1.807, 2.05) is 39.0 Å². The zero-order valence-corrected chi connectivity index (χ0v) is 12.9. The van der Waals surface area contributed by atoms with Gasteiger partial charge in [0.1, 0.15) is 5.60 Å². The highest BCUT2D eigenvalue weighted by molar-refractivity contribution is 9.10. The number of aliphatic hydroxyl groups excluding tert-OH is 1.